The van der Waals surface area contributed by atoms with Gasteiger partial charge in [-0.2, -0.15) is 5.10 Å². The van der Waals surface area contributed by atoms with Crippen molar-refractivity contribution >= 4 is 16.9 Å². The van der Waals surface area contributed by atoms with Crippen molar-refractivity contribution in [3.05, 3.63) is 47.5 Å². The fraction of sp³-hybridized carbons (Fsp3) is 0.500. The van der Waals surface area contributed by atoms with Gasteiger partial charge in [0.25, 0.3) is 5.91 Å². The van der Waals surface area contributed by atoms with Crippen LogP contribution in [-0.2, 0) is 7.05 Å². The van der Waals surface area contributed by atoms with Crippen LogP contribution in [0.5, 0.6) is 0 Å². The van der Waals surface area contributed by atoms with E-state index < -0.39 is 0 Å². The van der Waals surface area contributed by atoms with Gasteiger partial charge < -0.3 is 10.3 Å². The van der Waals surface area contributed by atoms with Crippen molar-refractivity contribution in [2.24, 2.45) is 13.0 Å². The lowest BCUT2D eigenvalue weighted by molar-refractivity contribution is 0.0933. The molecule has 3 aromatic rings. The molecule has 1 fully saturated rings. The topological polar surface area (TPSA) is 75.6 Å². The van der Waals surface area contributed by atoms with E-state index in [4.69, 9.17) is 4.98 Å². The molecule has 1 aliphatic carbocycles. The maximum atomic E-state index is 12.5. The van der Waals surface area contributed by atoms with E-state index in [1.54, 1.807) is 4.68 Å². The van der Waals surface area contributed by atoms with Crippen molar-refractivity contribution in [3.8, 4) is 0 Å². The summed E-state index contributed by atoms with van der Waals surface area (Å²) in [5, 5.41) is 7.55. The summed E-state index contributed by atoms with van der Waals surface area (Å²) in [5.41, 5.74) is 3.76. The first-order chi connectivity index (χ1) is 13.5. The molecule has 2 heterocycles. The molecule has 6 nitrogen and oxygen atoms in total. The van der Waals surface area contributed by atoms with Crippen molar-refractivity contribution < 1.29 is 4.79 Å². The number of aryl methyl sites for hydroxylation is 1. The van der Waals surface area contributed by atoms with Gasteiger partial charge in [-0.1, -0.05) is 26.0 Å². The van der Waals surface area contributed by atoms with Crippen LogP contribution < -0.4 is 5.32 Å². The Hall–Kier alpha value is -2.63. The monoisotopic (exact) mass is 379 g/mol. The van der Waals surface area contributed by atoms with Gasteiger partial charge in [0.05, 0.1) is 16.7 Å². The van der Waals surface area contributed by atoms with Gasteiger partial charge in [-0.15, -0.1) is 0 Å². The van der Waals surface area contributed by atoms with Crippen LogP contribution in [0.4, 0.5) is 0 Å². The van der Waals surface area contributed by atoms with Gasteiger partial charge in [-0.3, -0.25) is 9.48 Å². The number of hydrogen-bond acceptors (Lipinski definition) is 3. The molecule has 28 heavy (non-hydrogen) atoms. The second-order valence-electron chi connectivity index (χ2n) is 8.30. The minimum Gasteiger partial charge on any atom is -0.350 e. The fourth-order valence-corrected chi connectivity index (χ4v) is 4.12. The van der Waals surface area contributed by atoms with Crippen molar-refractivity contribution in [1.82, 2.24) is 25.1 Å². The van der Waals surface area contributed by atoms with E-state index in [-0.39, 0.29) is 5.91 Å². The van der Waals surface area contributed by atoms with Crippen molar-refractivity contribution in [1.29, 1.82) is 0 Å². The molecule has 6 heteroatoms. The molecule has 1 aromatic carbocycles. The zero-order valence-corrected chi connectivity index (χ0v) is 16.9. The van der Waals surface area contributed by atoms with Gasteiger partial charge in [-0.05, 0) is 55.7 Å². The van der Waals surface area contributed by atoms with Crippen LogP contribution >= 0.6 is 0 Å². The Morgan fingerprint density at radius 1 is 1.25 bits per heavy atom. The standard InChI is InChI=1S/C22H29N5O/c1-14(2)19-12-20(27(3)26-19)22(28)23-13-15-8-10-16(11-9-15)21-24-17-6-4-5-7-18(17)25-21/h4-7,12,14-16H,8-11,13H2,1-3H3,(H,23,28)(H,24,25). The number of nitrogens with one attached hydrogen (secondary N) is 2. The van der Waals surface area contributed by atoms with Gasteiger partial charge in [0.1, 0.15) is 11.5 Å². The SMILES string of the molecule is CC(C)c1cc(C(=O)NCC2CCC(c3nc4ccccc4[nH]3)CC2)n(C)n1. The third-order valence-corrected chi connectivity index (χ3v) is 5.92. The van der Waals surface area contributed by atoms with Crippen LogP contribution in [0.25, 0.3) is 11.0 Å². The number of aromatic nitrogens is 4. The molecule has 4 rings (SSSR count). The van der Waals surface area contributed by atoms with Crippen molar-refractivity contribution in [2.45, 2.75) is 51.4 Å². The average Bonchev–Trinajstić information content (AvgIpc) is 3.30. The smallest absolute Gasteiger partial charge is 0.269 e. The summed E-state index contributed by atoms with van der Waals surface area (Å²) < 4.78 is 1.68. The molecule has 2 N–H and O–H groups in total. The highest BCUT2D eigenvalue weighted by molar-refractivity contribution is 5.92. The summed E-state index contributed by atoms with van der Waals surface area (Å²) in [4.78, 5) is 20.8. The molecule has 0 radical (unpaired) electrons. The molecular weight excluding hydrogens is 350 g/mol. The number of benzene rings is 1. The molecule has 0 atom stereocenters. The number of imidazole rings is 1. The van der Waals surface area contributed by atoms with Gasteiger partial charge in [0.2, 0.25) is 0 Å². The quantitative estimate of drug-likeness (QED) is 0.700. The fourth-order valence-electron chi connectivity index (χ4n) is 4.12. The Bertz CT molecular complexity index is 929. The highest BCUT2D eigenvalue weighted by Crippen LogP contribution is 2.35. The van der Waals surface area contributed by atoms with Crippen LogP contribution in [0, 0.1) is 5.92 Å². The number of carbonyl (C=O) groups excluding carboxylic acids is 1. The summed E-state index contributed by atoms with van der Waals surface area (Å²) in [6, 6.07) is 10.1. The van der Waals surface area contributed by atoms with E-state index in [1.165, 1.54) is 0 Å². The molecule has 0 spiro atoms. The number of rotatable bonds is 5. The zero-order valence-electron chi connectivity index (χ0n) is 16.9. The molecule has 0 bridgehead atoms. The van der Waals surface area contributed by atoms with Crippen LogP contribution in [0.2, 0.25) is 0 Å². The summed E-state index contributed by atoms with van der Waals surface area (Å²) in [5.74, 6) is 2.43. The summed E-state index contributed by atoms with van der Waals surface area (Å²) in [6.07, 6.45) is 4.46. The molecule has 1 amide bonds. The normalized spacial score (nSPS) is 20.0. The number of hydrogen-bond donors (Lipinski definition) is 2. The summed E-state index contributed by atoms with van der Waals surface area (Å²) >= 11 is 0. The number of nitrogens with zero attached hydrogens (tertiary/aromatic N) is 3. The number of fused-ring (bicyclic) bond motifs is 1. The molecule has 0 saturated heterocycles. The number of para-hydroxylation sites is 2. The minimum absolute atomic E-state index is 0.0266. The average molecular weight is 380 g/mol. The van der Waals surface area contributed by atoms with Crippen LogP contribution in [-0.4, -0.2) is 32.2 Å². The number of H-pyrrole nitrogens is 1. The van der Waals surface area contributed by atoms with E-state index in [9.17, 15) is 4.79 Å². The first kappa shape index (κ1) is 18.7. The van der Waals surface area contributed by atoms with Crippen molar-refractivity contribution in [2.75, 3.05) is 6.54 Å². The Morgan fingerprint density at radius 3 is 2.68 bits per heavy atom. The maximum absolute atomic E-state index is 12.5. The van der Waals surface area contributed by atoms with E-state index >= 15 is 0 Å². The number of carbonyl (C=O) groups is 1. The van der Waals surface area contributed by atoms with E-state index in [2.05, 4.69) is 41.4 Å². The molecule has 0 unspecified atom stereocenters. The lowest BCUT2D eigenvalue weighted by Crippen LogP contribution is -2.32. The molecule has 148 valence electrons. The molecule has 1 aliphatic rings. The van der Waals surface area contributed by atoms with Gasteiger partial charge in [0.15, 0.2) is 0 Å². The van der Waals surface area contributed by atoms with Crippen LogP contribution in [0.1, 0.15) is 73.4 Å². The Morgan fingerprint density at radius 2 is 2.00 bits per heavy atom. The Balaban J connectivity index is 1.30. The highest BCUT2D eigenvalue weighted by Gasteiger charge is 2.25. The van der Waals surface area contributed by atoms with Gasteiger partial charge >= 0.3 is 0 Å². The zero-order chi connectivity index (χ0) is 19.7. The molecule has 2 aromatic heterocycles. The summed E-state index contributed by atoms with van der Waals surface area (Å²) in [6.45, 7) is 4.91. The van der Waals surface area contributed by atoms with Gasteiger partial charge in [0, 0.05) is 19.5 Å². The van der Waals surface area contributed by atoms with Crippen LogP contribution in [0.3, 0.4) is 0 Å². The molecular formula is C22H29N5O. The van der Waals surface area contributed by atoms with E-state index in [0.29, 0.717) is 23.4 Å². The van der Waals surface area contributed by atoms with Crippen LogP contribution in [0.15, 0.2) is 30.3 Å². The van der Waals surface area contributed by atoms with E-state index in [1.807, 2.05) is 25.2 Å². The summed E-state index contributed by atoms with van der Waals surface area (Å²) in [7, 11) is 1.83. The lowest BCUT2D eigenvalue weighted by Gasteiger charge is -2.27. The lowest BCUT2D eigenvalue weighted by atomic mass is 9.81. The number of amides is 1. The minimum atomic E-state index is -0.0266. The predicted molar refractivity (Wildman–Crippen MR) is 110 cm³/mol. The first-order valence-electron chi connectivity index (χ1n) is 10.3. The van der Waals surface area contributed by atoms with Crippen molar-refractivity contribution in [3.63, 3.8) is 0 Å². The van der Waals surface area contributed by atoms with Gasteiger partial charge in [-0.25, -0.2) is 4.98 Å². The maximum Gasteiger partial charge on any atom is 0.269 e. The first-order valence-corrected chi connectivity index (χ1v) is 10.3. The largest absolute Gasteiger partial charge is 0.350 e. The number of aromatic amines is 1. The van der Waals surface area contributed by atoms with E-state index in [0.717, 1.165) is 54.8 Å². The second-order valence-corrected chi connectivity index (χ2v) is 8.30. The third kappa shape index (κ3) is 3.81. The Labute approximate surface area is 165 Å². The Kier molecular flexibility index (Phi) is 5.20. The third-order valence-electron chi connectivity index (χ3n) is 5.92. The molecule has 0 aliphatic heterocycles. The molecule has 1 saturated carbocycles. The predicted octanol–water partition coefficient (Wildman–Crippen LogP) is 4.12. The second kappa shape index (κ2) is 7.78. The highest BCUT2D eigenvalue weighted by atomic mass is 16.2.